The standard InChI is InChI=1S/C29H25F3N2O6/c30-29(31,32)40-23-8-6-21(33-27(36)28(9-10-28)20-5-7-24-25(15-20)39-17-38-24)16-22(23)18-1-3-19(4-2-18)26(35)34-11-13-37-14-12-34/h1-8,15-16H,9-14,17H2,(H,33,36). The van der Waals surface area contributed by atoms with Crippen LogP contribution in [-0.4, -0.2) is 56.2 Å². The zero-order valence-corrected chi connectivity index (χ0v) is 21.3. The lowest BCUT2D eigenvalue weighted by Crippen LogP contribution is -2.40. The summed E-state index contributed by atoms with van der Waals surface area (Å²) in [6.45, 7) is 1.97. The summed E-state index contributed by atoms with van der Waals surface area (Å²) in [6.07, 6.45) is -3.67. The highest BCUT2D eigenvalue weighted by molar-refractivity contribution is 6.02. The molecule has 6 rings (SSSR count). The van der Waals surface area contributed by atoms with Crippen LogP contribution in [0.4, 0.5) is 18.9 Å². The molecule has 0 atom stereocenters. The lowest BCUT2D eigenvalue weighted by Gasteiger charge is -2.27. The largest absolute Gasteiger partial charge is 0.573 e. The van der Waals surface area contributed by atoms with Crippen LogP contribution >= 0.6 is 0 Å². The van der Waals surface area contributed by atoms with Crippen LogP contribution in [0.15, 0.2) is 60.7 Å². The van der Waals surface area contributed by atoms with Gasteiger partial charge in [0.2, 0.25) is 12.7 Å². The minimum Gasteiger partial charge on any atom is -0.454 e. The number of ether oxygens (including phenoxy) is 4. The quantitative estimate of drug-likeness (QED) is 0.455. The number of benzene rings is 3. The third-order valence-corrected chi connectivity index (χ3v) is 7.31. The first-order chi connectivity index (χ1) is 19.2. The molecule has 0 bridgehead atoms. The van der Waals surface area contributed by atoms with Crippen molar-refractivity contribution < 1.29 is 41.7 Å². The van der Waals surface area contributed by atoms with E-state index in [-0.39, 0.29) is 24.2 Å². The van der Waals surface area contributed by atoms with E-state index in [0.29, 0.717) is 67.5 Å². The molecule has 8 nitrogen and oxygen atoms in total. The Morgan fingerprint density at radius 1 is 0.900 bits per heavy atom. The second kappa shape index (κ2) is 10.1. The highest BCUT2D eigenvalue weighted by Gasteiger charge is 2.51. The van der Waals surface area contributed by atoms with Gasteiger partial charge < -0.3 is 29.2 Å². The minimum atomic E-state index is -4.91. The number of anilines is 1. The van der Waals surface area contributed by atoms with Crippen molar-refractivity contribution in [3.05, 3.63) is 71.8 Å². The molecule has 0 unspecified atom stereocenters. The number of fused-ring (bicyclic) bond motifs is 1. The number of hydrogen-bond donors (Lipinski definition) is 1. The number of nitrogens with zero attached hydrogens (tertiary/aromatic N) is 1. The van der Waals surface area contributed by atoms with Crippen molar-refractivity contribution in [2.75, 3.05) is 38.4 Å². The molecule has 2 heterocycles. The molecule has 0 spiro atoms. The van der Waals surface area contributed by atoms with Gasteiger partial charge in [0.25, 0.3) is 5.91 Å². The predicted octanol–water partition coefficient (Wildman–Crippen LogP) is 5.12. The van der Waals surface area contributed by atoms with Gasteiger partial charge in [-0.25, -0.2) is 0 Å². The van der Waals surface area contributed by atoms with Crippen molar-refractivity contribution in [2.45, 2.75) is 24.6 Å². The van der Waals surface area contributed by atoms with E-state index < -0.39 is 17.5 Å². The summed E-state index contributed by atoms with van der Waals surface area (Å²) in [5.41, 5.74) is 1.26. The number of morpholine rings is 1. The highest BCUT2D eigenvalue weighted by Crippen LogP contribution is 2.51. The first-order valence-electron chi connectivity index (χ1n) is 12.8. The molecule has 1 N–H and O–H groups in total. The van der Waals surface area contributed by atoms with Crippen LogP contribution in [0.1, 0.15) is 28.8 Å². The molecule has 3 aromatic carbocycles. The van der Waals surface area contributed by atoms with Gasteiger partial charge in [-0.1, -0.05) is 18.2 Å². The van der Waals surface area contributed by atoms with Gasteiger partial charge in [0.1, 0.15) is 5.75 Å². The Morgan fingerprint density at radius 2 is 1.62 bits per heavy atom. The van der Waals surface area contributed by atoms with Crippen molar-refractivity contribution >= 4 is 17.5 Å². The first kappa shape index (κ1) is 26.0. The average molecular weight is 555 g/mol. The van der Waals surface area contributed by atoms with E-state index in [4.69, 9.17) is 14.2 Å². The number of amides is 2. The normalized spacial score (nSPS) is 17.3. The Kier molecular flexibility index (Phi) is 6.53. The molecule has 2 aliphatic heterocycles. The van der Waals surface area contributed by atoms with Crippen molar-refractivity contribution in [2.24, 2.45) is 0 Å². The van der Waals surface area contributed by atoms with E-state index in [1.54, 1.807) is 41.3 Å². The second-order valence-electron chi connectivity index (χ2n) is 9.84. The molecular formula is C29H25F3N2O6. The van der Waals surface area contributed by atoms with Gasteiger partial charge >= 0.3 is 6.36 Å². The minimum absolute atomic E-state index is 0.119. The van der Waals surface area contributed by atoms with Gasteiger partial charge in [0.15, 0.2) is 11.5 Å². The SMILES string of the molecule is O=C(c1ccc(-c2cc(NC(=O)C3(c4ccc5c(c4)OCO5)CC3)ccc2OC(F)(F)F)cc1)N1CCOCC1. The molecule has 1 saturated carbocycles. The van der Waals surface area contributed by atoms with Crippen molar-refractivity contribution in [3.8, 4) is 28.4 Å². The molecule has 40 heavy (non-hydrogen) atoms. The van der Waals surface area contributed by atoms with Crippen LogP contribution in [0, 0.1) is 0 Å². The van der Waals surface area contributed by atoms with E-state index in [2.05, 4.69) is 10.1 Å². The number of rotatable bonds is 6. The van der Waals surface area contributed by atoms with Crippen LogP contribution in [0.2, 0.25) is 0 Å². The van der Waals surface area contributed by atoms with Crippen LogP contribution in [0.5, 0.6) is 17.2 Å². The van der Waals surface area contributed by atoms with Crippen LogP contribution < -0.4 is 19.5 Å². The third kappa shape index (κ3) is 5.16. The summed E-state index contributed by atoms with van der Waals surface area (Å²) < 4.78 is 60.0. The van der Waals surface area contributed by atoms with Gasteiger partial charge in [-0.3, -0.25) is 9.59 Å². The monoisotopic (exact) mass is 554 g/mol. The van der Waals surface area contributed by atoms with Crippen LogP contribution in [-0.2, 0) is 14.9 Å². The number of alkyl halides is 3. The average Bonchev–Trinajstić information content (AvgIpc) is 3.64. The second-order valence-corrected chi connectivity index (χ2v) is 9.84. The maximum atomic E-state index is 13.4. The van der Waals surface area contributed by atoms with Gasteiger partial charge in [0, 0.05) is 29.9 Å². The van der Waals surface area contributed by atoms with E-state index in [9.17, 15) is 22.8 Å². The van der Waals surface area contributed by atoms with Crippen molar-refractivity contribution in [1.29, 1.82) is 0 Å². The Hall–Kier alpha value is -4.25. The summed E-state index contributed by atoms with van der Waals surface area (Å²) in [7, 11) is 0. The molecule has 3 aromatic rings. The summed E-state index contributed by atoms with van der Waals surface area (Å²) in [5.74, 6) is 0.314. The Balaban J connectivity index is 1.26. The lowest BCUT2D eigenvalue weighted by atomic mass is 9.94. The molecule has 0 radical (unpaired) electrons. The van der Waals surface area contributed by atoms with Crippen molar-refractivity contribution in [1.82, 2.24) is 4.90 Å². The summed E-state index contributed by atoms with van der Waals surface area (Å²) in [4.78, 5) is 27.8. The summed E-state index contributed by atoms with van der Waals surface area (Å²) in [5, 5.41) is 2.86. The number of carbonyl (C=O) groups is 2. The molecular weight excluding hydrogens is 529 g/mol. The van der Waals surface area contributed by atoms with Crippen LogP contribution in [0.3, 0.4) is 0 Å². The topological polar surface area (TPSA) is 86.3 Å². The first-order valence-corrected chi connectivity index (χ1v) is 12.8. The maximum absolute atomic E-state index is 13.4. The van der Waals surface area contributed by atoms with Gasteiger partial charge in [-0.05, 0) is 66.4 Å². The summed E-state index contributed by atoms with van der Waals surface area (Å²) in [6, 6.07) is 15.6. The number of nitrogens with one attached hydrogen (secondary N) is 1. The highest BCUT2D eigenvalue weighted by atomic mass is 19.4. The number of carbonyl (C=O) groups excluding carboxylic acids is 2. The maximum Gasteiger partial charge on any atom is 0.573 e. The summed E-state index contributed by atoms with van der Waals surface area (Å²) >= 11 is 0. The Morgan fingerprint density at radius 3 is 2.33 bits per heavy atom. The Bertz CT molecular complexity index is 1450. The van der Waals surface area contributed by atoms with Gasteiger partial charge in [-0.2, -0.15) is 0 Å². The molecule has 3 aliphatic rings. The van der Waals surface area contributed by atoms with Crippen molar-refractivity contribution in [3.63, 3.8) is 0 Å². The van der Waals surface area contributed by atoms with E-state index in [1.165, 1.54) is 18.2 Å². The Labute approximate surface area is 227 Å². The number of halogens is 3. The lowest BCUT2D eigenvalue weighted by molar-refractivity contribution is -0.274. The van der Waals surface area contributed by atoms with E-state index in [1.807, 2.05) is 6.07 Å². The van der Waals surface area contributed by atoms with E-state index >= 15 is 0 Å². The zero-order valence-electron chi connectivity index (χ0n) is 21.3. The fourth-order valence-electron chi connectivity index (χ4n) is 5.01. The third-order valence-electron chi connectivity index (χ3n) is 7.31. The van der Waals surface area contributed by atoms with Gasteiger partial charge in [-0.15, -0.1) is 13.2 Å². The molecule has 11 heteroatoms. The molecule has 0 aromatic heterocycles. The fraction of sp³-hybridized carbons (Fsp3) is 0.310. The van der Waals surface area contributed by atoms with Gasteiger partial charge in [0.05, 0.1) is 18.6 Å². The van der Waals surface area contributed by atoms with Crippen LogP contribution in [0.25, 0.3) is 11.1 Å². The molecule has 2 fully saturated rings. The van der Waals surface area contributed by atoms with E-state index in [0.717, 1.165) is 5.56 Å². The fourth-order valence-corrected chi connectivity index (χ4v) is 5.01. The molecule has 1 aliphatic carbocycles. The number of hydrogen-bond acceptors (Lipinski definition) is 6. The molecule has 208 valence electrons. The zero-order chi connectivity index (χ0) is 27.9. The predicted molar refractivity (Wildman–Crippen MR) is 137 cm³/mol. The molecule has 1 saturated heterocycles. The molecule has 2 amide bonds. The smallest absolute Gasteiger partial charge is 0.454 e.